The average Bonchev–Trinajstić information content (AvgIpc) is 2.89. The van der Waals surface area contributed by atoms with Crippen molar-refractivity contribution in [3.63, 3.8) is 0 Å². The van der Waals surface area contributed by atoms with Gasteiger partial charge in [-0.15, -0.1) is 0 Å². The third-order valence-corrected chi connectivity index (χ3v) is 2.39. The van der Waals surface area contributed by atoms with E-state index in [9.17, 15) is 9.59 Å². The van der Waals surface area contributed by atoms with Gasteiger partial charge in [-0.05, 0) is 25.2 Å². The fourth-order valence-corrected chi connectivity index (χ4v) is 1.36. The Morgan fingerprint density at radius 2 is 2.33 bits per heavy atom. The molecule has 0 aromatic heterocycles. The highest BCUT2D eigenvalue weighted by Gasteiger charge is 2.30. The van der Waals surface area contributed by atoms with Crippen molar-refractivity contribution in [2.24, 2.45) is 11.8 Å². The van der Waals surface area contributed by atoms with Crippen molar-refractivity contribution in [3.05, 3.63) is 0 Å². The van der Waals surface area contributed by atoms with E-state index >= 15 is 0 Å². The minimum atomic E-state index is 0.0301. The van der Waals surface area contributed by atoms with Gasteiger partial charge in [0.2, 0.25) is 5.91 Å². The van der Waals surface area contributed by atoms with Crippen LogP contribution in [-0.4, -0.2) is 19.2 Å². The van der Waals surface area contributed by atoms with Crippen molar-refractivity contribution in [1.82, 2.24) is 5.32 Å². The van der Waals surface area contributed by atoms with Crippen LogP contribution in [0.3, 0.4) is 0 Å². The van der Waals surface area contributed by atoms with Crippen molar-refractivity contribution in [3.8, 4) is 0 Å². The van der Waals surface area contributed by atoms with Gasteiger partial charge in [0.1, 0.15) is 6.29 Å². The molecule has 0 aliphatic heterocycles. The Balaban J connectivity index is 2.18. The monoisotopic (exact) mass is 169 g/mol. The Hall–Kier alpha value is -0.860. The van der Waals surface area contributed by atoms with E-state index in [4.69, 9.17) is 0 Å². The first kappa shape index (κ1) is 9.23. The first-order valence-corrected chi connectivity index (χ1v) is 4.43. The molecule has 1 saturated carbocycles. The standard InChI is InChI=1S/C9H15NO2/c1-10-9(12)5-4-8(6-11)7-2-3-7/h6-8H,2-5H2,1H3,(H,10,12). The van der Waals surface area contributed by atoms with Gasteiger partial charge >= 0.3 is 0 Å². The van der Waals surface area contributed by atoms with E-state index in [0.717, 1.165) is 19.1 Å². The molecule has 0 saturated heterocycles. The molecule has 3 heteroatoms. The normalized spacial score (nSPS) is 18.4. The number of nitrogens with one attached hydrogen (secondary N) is 1. The third kappa shape index (κ3) is 2.64. The number of rotatable bonds is 5. The number of hydrogen-bond donors (Lipinski definition) is 1. The largest absolute Gasteiger partial charge is 0.359 e. The molecule has 0 heterocycles. The Morgan fingerprint density at radius 3 is 2.75 bits per heavy atom. The summed E-state index contributed by atoms with van der Waals surface area (Å²) in [7, 11) is 1.62. The van der Waals surface area contributed by atoms with Gasteiger partial charge in [0.25, 0.3) is 0 Å². The molecule has 68 valence electrons. The first-order valence-electron chi connectivity index (χ1n) is 4.43. The molecule has 0 radical (unpaired) electrons. The van der Waals surface area contributed by atoms with Crippen LogP contribution < -0.4 is 5.32 Å². The van der Waals surface area contributed by atoms with Gasteiger partial charge in [-0.1, -0.05) is 0 Å². The van der Waals surface area contributed by atoms with Gasteiger partial charge in [-0.25, -0.2) is 0 Å². The van der Waals surface area contributed by atoms with E-state index < -0.39 is 0 Å². The van der Waals surface area contributed by atoms with Crippen LogP contribution in [0.15, 0.2) is 0 Å². The summed E-state index contributed by atoms with van der Waals surface area (Å²) < 4.78 is 0. The van der Waals surface area contributed by atoms with Crippen molar-refractivity contribution in [2.75, 3.05) is 7.05 Å². The number of amides is 1. The molecular weight excluding hydrogens is 154 g/mol. The molecule has 0 bridgehead atoms. The van der Waals surface area contributed by atoms with Crippen molar-refractivity contribution in [1.29, 1.82) is 0 Å². The van der Waals surface area contributed by atoms with E-state index in [0.29, 0.717) is 18.8 Å². The molecule has 0 spiro atoms. The molecule has 1 N–H and O–H groups in total. The summed E-state index contributed by atoms with van der Waals surface area (Å²) in [6, 6.07) is 0. The molecule has 1 unspecified atom stereocenters. The van der Waals surface area contributed by atoms with Crippen LogP contribution in [-0.2, 0) is 9.59 Å². The lowest BCUT2D eigenvalue weighted by molar-refractivity contribution is -0.121. The zero-order valence-corrected chi connectivity index (χ0v) is 7.38. The van der Waals surface area contributed by atoms with Gasteiger partial charge < -0.3 is 10.1 Å². The van der Waals surface area contributed by atoms with Crippen molar-refractivity contribution >= 4 is 12.2 Å². The molecule has 1 fully saturated rings. The molecule has 0 aromatic carbocycles. The highest BCUT2D eigenvalue weighted by molar-refractivity contribution is 5.75. The maximum absolute atomic E-state index is 10.8. The minimum Gasteiger partial charge on any atom is -0.359 e. The van der Waals surface area contributed by atoms with Gasteiger partial charge in [-0.2, -0.15) is 0 Å². The molecule has 12 heavy (non-hydrogen) atoms. The number of carbonyl (C=O) groups excluding carboxylic acids is 2. The summed E-state index contributed by atoms with van der Waals surface area (Å²) in [5.41, 5.74) is 0. The summed E-state index contributed by atoms with van der Waals surface area (Å²) in [5.74, 6) is 0.733. The lowest BCUT2D eigenvalue weighted by atomic mass is 9.99. The molecule has 3 nitrogen and oxygen atoms in total. The summed E-state index contributed by atoms with van der Waals surface area (Å²) in [5, 5.41) is 2.55. The molecule has 0 aromatic rings. The summed E-state index contributed by atoms with van der Waals surface area (Å²) in [6.45, 7) is 0. The Bertz CT molecular complexity index is 175. The second-order valence-corrected chi connectivity index (χ2v) is 3.35. The second kappa shape index (κ2) is 4.24. The number of carbonyl (C=O) groups is 2. The molecule has 1 aliphatic carbocycles. The summed E-state index contributed by atoms with van der Waals surface area (Å²) in [6.07, 6.45) is 4.53. The smallest absolute Gasteiger partial charge is 0.219 e. The van der Waals surface area contributed by atoms with E-state index in [1.807, 2.05) is 0 Å². The zero-order chi connectivity index (χ0) is 8.97. The molecular formula is C9H15NO2. The predicted octanol–water partition coefficient (Wildman–Crippen LogP) is 0.738. The van der Waals surface area contributed by atoms with Gasteiger partial charge in [0, 0.05) is 19.4 Å². The van der Waals surface area contributed by atoms with E-state index in [-0.39, 0.29) is 11.8 Å². The van der Waals surface area contributed by atoms with Crippen LogP contribution in [0.2, 0.25) is 0 Å². The minimum absolute atomic E-state index is 0.0301. The van der Waals surface area contributed by atoms with Crippen LogP contribution in [0, 0.1) is 11.8 Å². The van der Waals surface area contributed by atoms with Crippen molar-refractivity contribution < 1.29 is 9.59 Å². The predicted molar refractivity (Wildman–Crippen MR) is 45.6 cm³/mol. The van der Waals surface area contributed by atoms with Crippen LogP contribution in [0.1, 0.15) is 25.7 Å². The van der Waals surface area contributed by atoms with E-state index in [2.05, 4.69) is 5.32 Å². The third-order valence-electron chi connectivity index (χ3n) is 2.39. The second-order valence-electron chi connectivity index (χ2n) is 3.35. The fraction of sp³-hybridized carbons (Fsp3) is 0.778. The van der Waals surface area contributed by atoms with Gasteiger partial charge in [-0.3, -0.25) is 4.79 Å². The summed E-state index contributed by atoms with van der Waals surface area (Å²) in [4.78, 5) is 21.4. The molecule has 1 aliphatic rings. The Kier molecular flexibility index (Phi) is 3.26. The van der Waals surface area contributed by atoms with Crippen LogP contribution in [0.4, 0.5) is 0 Å². The average molecular weight is 169 g/mol. The fourth-order valence-electron chi connectivity index (χ4n) is 1.36. The summed E-state index contributed by atoms with van der Waals surface area (Å²) >= 11 is 0. The topological polar surface area (TPSA) is 46.2 Å². The first-order chi connectivity index (χ1) is 5.77. The van der Waals surface area contributed by atoms with Gasteiger partial charge in [0.15, 0.2) is 0 Å². The zero-order valence-electron chi connectivity index (χ0n) is 7.38. The number of hydrogen-bond acceptors (Lipinski definition) is 2. The Labute approximate surface area is 72.5 Å². The SMILES string of the molecule is CNC(=O)CCC(C=O)C1CC1. The Morgan fingerprint density at radius 1 is 1.67 bits per heavy atom. The van der Waals surface area contributed by atoms with Crippen molar-refractivity contribution in [2.45, 2.75) is 25.7 Å². The maximum Gasteiger partial charge on any atom is 0.219 e. The highest BCUT2D eigenvalue weighted by Crippen LogP contribution is 2.37. The molecule has 1 amide bonds. The quantitative estimate of drug-likeness (QED) is 0.617. The van der Waals surface area contributed by atoms with Crippen LogP contribution in [0.5, 0.6) is 0 Å². The maximum atomic E-state index is 10.8. The highest BCUT2D eigenvalue weighted by atomic mass is 16.1. The lowest BCUT2D eigenvalue weighted by Crippen LogP contribution is -2.19. The van der Waals surface area contributed by atoms with E-state index in [1.165, 1.54) is 0 Å². The van der Waals surface area contributed by atoms with Gasteiger partial charge in [0.05, 0.1) is 0 Å². The van der Waals surface area contributed by atoms with Crippen LogP contribution >= 0.6 is 0 Å². The number of aldehydes is 1. The van der Waals surface area contributed by atoms with E-state index in [1.54, 1.807) is 7.05 Å². The molecule has 1 atom stereocenters. The van der Waals surface area contributed by atoms with Crippen LogP contribution in [0.25, 0.3) is 0 Å². The molecule has 1 rings (SSSR count). The lowest BCUT2D eigenvalue weighted by Gasteiger charge is -2.06.